The van der Waals surface area contributed by atoms with Crippen molar-refractivity contribution in [2.45, 2.75) is 38.5 Å². The van der Waals surface area contributed by atoms with Crippen LogP contribution in [0.15, 0.2) is 47.4 Å². The van der Waals surface area contributed by atoms with Gasteiger partial charge < -0.3 is 10.1 Å². The molecular formula is C23H28N2O5S. The minimum atomic E-state index is -3.64. The van der Waals surface area contributed by atoms with Gasteiger partial charge in [0.2, 0.25) is 15.9 Å². The average Bonchev–Trinajstić information content (AvgIpc) is 2.75. The fourth-order valence-corrected chi connectivity index (χ4v) is 5.14. The summed E-state index contributed by atoms with van der Waals surface area (Å²) >= 11 is 0. The Morgan fingerprint density at radius 2 is 1.84 bits per heavy atom. The van der Waals surface area contributed by atoms with Gasteiger partial charge >= 0.3 is 5.97 Å². The summed E-state index contributed by atoms with van der Waals surface area (Å²) in [6, 6.07) is 11.7. The van der Waals surface area contributed by atoms with Crippen LogP contribution in [0.2, 0.25) is 0 Å². The highest BCUT2D eigenvalue weighted by atomic mass is 32.2. The van der Waals surface area contributed by atoms with Gasteiger partial charge in [0.25, 0.3) is 0 Å². The Hall–Kier alpha value is -2.71. The molecule has 1 N–H and O–H groups in total. The molecule has 166 valence electrons. The number of benzene rings is 2. The van der Waals surface area contributed by atoms with Gasteiger partial charge in [-0.15, -0.1) is 0 Å². The molecule has 2 aromatic carbocycles. The van der Waals surface area contributed by atoms with Gasteiger partial charge in [0.1, 0.15) is 0 Å². The van der Waals surface area contributed by atoms with Gasteiger partial charge in [0.15, 0.2) is 0 Å². The molecule has 0 aromatic heterocycles. The Balaban J connectivity index is 1.70. The van der Waals surface area contributed by atoms with E-state index in [1.54, 1.807) is 56.3 Å². The van der Waals surface area contributed by atoms with E-state index in [-0.39, 0.29) is 17.3 Å². The number of ether oxygens (including phenoxy) is 1. The smallest absolute Gasteiger partial charge is 0.338 e. The Kier molecular flexibility index (Phi) is 7.12. The van der Waals surface area contributed by atoms with Crippen LogP contribution in [0.4, 0.5) is 5.69 Å². The van der Waals surface area contributed by atoms with Crippen molar-refractivity contribution in [3.05, 3.63) is 59.2 Å². The summed E-state index contributed by atoms with van der Waals surface area (Å²) in [6.07, 6.45) is 1.23. The fourth-order valence-electron chi connectivity index (χ4n) is 3.61. The molecule has 2 aromatic rings. The van der Waals surface area contributed by atoms with Gasteiger partial charge in [0, 0.05) is 18.8 Å². The van der Waals surface area contributed by atoms with Crippen LogP contribution in [0.3, 0.4) is 0 Å². The van der Waals surface area contributed by atoms with Crippen molar-refractivity contribution in [1.29, 1.82) is 0 Å². The van der Waals surface area contributed by atoms with Crippen molar-refractivity contribution < 1.29 is 22.7 Å². The first kappa shape index (κ1) is 23.0. The van der Waals surface area contributed by atoms with Crippen molar-refractivity contribution in [2.24, 2.45) is 5.92 Å². The quantitative estimate of drug-likeness (QED) is 0.688. The molecule has 31 heavy (non-hydrogen) atoms. The van der Waals surface area contributed by atoms with Crippen LogP contribution in [0.5, 0.6) is 0 Å². The number of rotatable bonds is 6. The zero-order chi connectivity index (χ0) is 22.6. The standard InChI is InChI=1S/C23H28N2O5S/c1-4-30-23(27)18-9-12-21(17(3)14-18)24-22(26)19-6-5-13-25(15-19)31(28,29)20-10-7-16(2)8-11-20/h7-12,14,19H,4-6,13,15H2,1-3H3,(H,24,26)/t19-/m1/s1. The summed E-state index contributed by atoms with van der Waals surface area (Å²) < 4.78 is 32.4. The molecule has 1 atom stereocenters. The number of sulfonamides is 1. The van der Waals surface area contributed by atoms with Crippen molar-refractivity contribution in [3.63, 3.8) is 0 Å². The fraction of sp³-hybridized carbons (Fsp3) is 0.391. The minimum Gasteiger partial charge on any atom is -0.462 e. The molecule has 0 spiro atoms. The van der Waals surface area contributed by atoms with Gasteiger partial charge in [-0.1, -0.05) is 17.7 Å². The zero-order valence-electron chi connectivity index (χ0n) is 18.1. The lowest BCUT2D eigenvalue weighted by Crippen LogP contribution is -2.43. The molecule has 0 aliphatic carbocycles. The molecule has 0 unspecified atom stereocenters. The van der Waals surface area contributed by atoms with Gasteiger partial charge in [-0.2, -0.15) is 4.31 Å². The third kappa shape index (κ3) is 5.32. The molecular weight excluding hydrogens is 416 g/mol. The van der Waals surface area contributed by atoms with Crippen LogP contribution in [-0.4, -0.2) is 44.3 Å². The predicted octanol–water partition coefficient (Wildman–Crippen LogP) is 3.52. The Bertz CT molecular complexity index is 1060. The molecule has 1 amide bonds. The van der Waals surface area contributed by atoms with E-state index in [4.69, 9.17) is 4.74 Å². The Morgan fingerprint density at radius 3 is 2.48 bits per heavy atom. The maximum Gasteiger partial charge on any atom is 0.338 e. The van der Waals surface area contributed by atoms with E-state index in [9.17, 15) is 18.0 Å². The van der Waals surface area contributed by atoms with Crippen molar-refractivity contribution in [3.8, 4) is 0 Å². The summed E-state index contributed by atoms with van der Waals surface area (Å²) in [4.78, 5) is 25.0. The normalized spacial score (nSPS) is 17.2. The first-order chi connectivity index (χ1) is 14.7. The van der Waals surface area contributed by atoms with Crippen LogP contribution in [0.1, 0.15) is 41.3 Å². The number of anilines is 1. The molecule has 8 heteroatoms. The lowest BCUT2D eigenvalue weighted by molar-refractivity contribution is -0.120. The number of carbonyl (C=O) groups excluding carboxylic acids is 2. The van der Waals surface area contributed by atoms with Gasteiger partial charge in [-0.3, -0.25) is 4.79 Å². The third-order valence-electron chi connectivity index (χ3n) is 5.41. The second-order valence-electron chi connectivity index (χ2n) is 7.75. The van der Waals surface area contributed by atoms with Gasteiger partial charge in [-0.05, 0) is 69.5 Å². The van der Waals surface area contributed by atoms with E-state index in [1.165, 1.54) is 4.31 Å². The zero-order valence-corrected chi connectivity index (χ0v) is 18.9. The first-order valence-electron chi connectivity index (χ1n) is 10.4. The van der Waals surface area contributed by atoms with Crippen LogP contribution < -0.4 is 5.32 Å². The maximum atomic E-state index is 13.0. The SMILES string of the molecule is CCOC(=O)c1ccc(NC(=O)[C@@H]2CCCN(S(=O)(=O)c3ccc(C)cc3)C2)c(C)c1. The van der Waals surface area contributed by atoms with Gasteiger partial charge in [-0.25, -0.2) is 13.2 Å². The molecule has 3 rings (SSSR count). The number of hydrogen-bond donors (Lipinski definition) is 1. The highest BCUT2D eigenvalue weighted by molar-refractivity contribution is 7.89. The number of nitrogens with zero attached hydrogens (tertiary/aromatic N) is 1. The highest BCUT2D eigenvalue weighted by Crippen LogP contribution is 2.26. The topological polar surface area (TPSA) is 92.8 Å². The summed E-state index contributed by atoms with van der Waals surface area (Å²) in [5, 5.41) is 2.88. The Morgan fingerprint density at radius 1 is 1.13 bits per heavy atom. The van der Waals surface area contributed by atoms with Gasteiger partial charge in [0.05, 0.1) is 23.0 Å². The van der Waals surface area contributed by atoms with E-state index in [0.29, 0.717) is 37.2 Å². The van der Waals surface area contributed by atoms with E-state index in [0.717, 1.165) is 11.1 Å². The number of aryl methyl sites for hydroxylation is 2. The second-order valence-corrected chi connectivity index (χ2v) is 9.69. The lowest BCUT2D eigenvalue weighted by Gasteiger charge is -2.31. The molecule has 1 aliphatic rings. The monoisotopic (exact) mass is 444 g/mol. The van der Waals surface area contributed by atoms with Crippen LogP contribution in [0, 0.1) is 19.8 Å². The van der Waals surface area contributed by atoms with E-state index in [2.05, 4.69) is 5.32 Å². The van der Waals surface area contributed by atoms with Crippen molar-refractivity contribution >= 4 is 27.6 Å². The van der Waals surface area contributed by atoms with E-state index >= 15 is 0 Å². The third-order valence-corrected chi connectivity index (χ3v) is 7.29. The molecule has 1 aliphatic heterocycles. The van der Waals surface area contributed by atoms with Crippen LogP contribution in [-0.2, 0) is 19.6 Å². The van der Waals surface area contributed by atoms with Crippen molar-refractivity contribution in [1.82, 2.24) is 4.31 Å². The highest BCUT2D eigenvalue weighted by Gasteiger charge is 2.33. The number of hydrogen-bond acceptors (Lipinski definition) is 5. The second kappa shape index (κ2) is 9.62. The summed E-state index contributed by atoms with van der Waals surface area (Å²) in [5.41, 5.74) is 2.74. The number of esters is 1. The minimum absolute atomic E-state index is 0.141. The Labute approximate surface area is 183 Å². The molecule has 1 heterocycles. The molecule has 0 bridgehead atoms. The number of amides is 1. The summed E-state index contributed by atoms with van der Waals surface area (Å²) in [6.45, 7) is 6.27. The lowest BCUT2D eigenvalue weighted by atomic mass is 9.98. The first-order valence-corrected chi connectivity index (χ1v) is 11.8. The number of piperidine rings is 1. The average molecular weight is 445 g/mol. The van der Waals surface area contributed by atoms with Crippen LogP contribution >= 0.6 is 0 Å². The van der Waals surface area contributed by atoms with Crippen molar-refractivity contribution in [2.75, 3.05) is 25.0 Å². The summed E-state index contributed by atoms with van der Waals surface area (Å²) in [7, 11) is -3.64. The molecule has 0 saturated carbocycles. The molecule has 0 radical (unpaired) electrons. The molecule has 1 fully saturated rings. The maximum absolute atomic E-state index is 13.0. The van der Waals surface area contributed by atoms with E-state index < -0.39 is 21.9 Å². The number of carbonyl (C=O) groups is 2. The van der Waals surface area contributed by atoms with Crippen LogP contribution in [0.25, 0.3) is 0 Å². The predicted molar refractivity (Wildman–Crippen MR) is 118 cm³/mol. The number of nitrogens with one attached hydrogen (secondary N) is 1. The summed E-state index contributed by atoms with van der Waals surface area (Å²) in [5.74, 6) is -1.08. The largest absolute Gasteiger partial charge is 0.462 e. The molecule has 1 saturated heterocycles. The van der Waals surface area contributed by atoms with E-state index in [1.807, 2.05) is 6.92 Å². The molecule has 7 nitrogen and oxygen atoms in total.